The number of hydrogen-bond donors (Lipinski definition) is 0. The molecular formula is C19H18N2O3. The molecule has 5 nitrogen and oxygen atoms in total. The van der Waals surface area contributed by atoms with Crippen molar-refractivity contribution in [3.8, 4) is 11.3 Å². The van der Waals surface area contributed by atoms with Crippen LogP contribution in [0.4, 0.5) is 0 Å². The topological polar surface area (TPSA) is 53.4 Å². The molecule has 0 N–H and O–H groups in total. The van der Waals surface area contributed by atoms with Crippen molar-refractivity contribution in [2.75, 3.05) is 20.3 Å². The van der Waals surface area contributed by atoms with Crippen molar-refractivity contribution in [1.29, 1.82) is 0 Å². The molecule has 1 aliphatic rings. The van der Waals surface area contributed by atoms with E-state index in [0.29, 0.717) is 25.5 Å². The molecule has 1 heterocycles. The van der Waals surface area contributed by atoms with Gasteiger partial charge in [-0.2, -0.15) is 5.10 Å². The van der Waals surface area contributed by atoms with Crippen molar-refractivity contribution >= 4 is 16.7 Å². The average Bonchev–Trinajstić information content (AvgIpc) is 2.96. The molecule has 0 unspecified atom stereocenters. The Bertz CT molecular complexity index is 943. The molecule has 0 bridgehead atoms. The van der Waals surface area contributed by atoms with Gasteiger partial charge in [-0.3, -0.25) is 4.79 Å². The molecule has 24 heavy (non-hydrogen) atoms. The fourth-order valence-corrected chi connectivity index (χ4v) is 3.30. The lowest BCUT2D eigenvalue weighted by atomic mass is 9.85. The second-order valence-electron chi connectivity index (χ2n) is 5.90. The van der Waals surface area contributed by atoms with Crippen LogP contribution in [0.1, 0.15) is 21.5 Å². The van der Waals surface area contributed by atoms with Crippen LogP contribution in [0, 0.1) is 6.92 Å². The Morgan fingerprint density at radius 2 is 1.88 bits per heavy atom. The Hall–Kier alpha value is -2.50. The second kappa shape index (κ2) is 5.85. The lowest BCUT2D eigenvalue weighted by Crippen LogP contribution is -2.10. The SMILES string of the molecule is COCCOCn1nc2c3c(cccc31)C(=O)c1c(C)cccc1-2. The fraction of sp³-hybridized carbons (Fsp3) is 0.263. The van der Waals surface area contributed by atoms with Crippen LogP contribution < -0.4 is 0 Å². The first-order valence-electron chi connectivity index (χ1n) is 7.93. The highest BCUT2D eigenvalue weighted by Gasteiger charge is 2.29. The number of fused-ring (bicyclic) bond motifs is 2. The first-order chi connectivity index (χ1) is 11.7. The van der Waals surface area contributed by atoms with Gasteiger partial charge in [0.05, 0.1) is 18.7 Å². The van der Waals surface area contributed by atoms with Gasteiger partial charge in [0.15, 0.2) is 5.78 Å². The quantitative estimate of drug-likeness (QED) is 0.530. The van der Waals surface area contributed by atoms with Crippen LogP contribution in [0.2, 0.25) is 0 Å². The van der Waals surface area contributed by atoms with Gasteiger partial charge in [-0.05, 0) is 18.6 Å². The van der Waals surface area contributed by atoms with Crippen LogP contribution in [0.25, 0.3) is 22.2 Å². The second-order valence-corrected chi connectivity index (χ2v) is 5.90. The number of nitrogens with zero attached hydrogens (tertiary/aromatic N) is 2. The molecule has 1 aromatic heterocycles. The third-order valence-electron chi connectivity index (χ3n) is 4.42. The molecule has 122 valence electrons. The molecule has 0 atom stereocenters. The highest BCUT2D eigenvalue weighted by Crippen LogP contribution is 2.39. The van der Waals surface area contributed by atoms with Gasteiger partial charge in [-0.15, -0.1) is 0 Å². The van der Waals surface area contributed by atoms with Crippen LogP contribution in [-0.2, 0) is 16.2 Å². The maximum Gasteiger partial charge on any atom is 0.194 e. The van der Waals surface area contributed by atoms with E-state index in [0.717, 1.165) is 33.3 Å². The van der Waals surface area contributed by atoms with Gasteiger partial charge >= 0.3 is 0 Å². The average molecular weight is 322 g/mol. The highest BCUT2D eigenvalue weighted by molar-refractivity contribution is 6.25. The molecule has 0 saturated heterocycles. The zero-order valence-electron chi connectivity index (χ0n) is 13.7. The smallest absolute Gasteiger partial charge is 0.194 e. The van der Waals surface area contributed by atoms with E-state index in [2.05, 4.69) is 0 Å². The predicted octanol–water partition coefficient (Wildman–Crippen LogP) is 3.18. The summed E-state index contributed by atoms with van der Waals surface area (Å²) in [6.45, 7) is 3.34. The minimum Gasteiger partial charge on any atom is -0.382 e. The van der Waals surface area contributed by atoms with Crippen molar-refractivity contribution in [3.63, 3.8) is 0 Å². The number of hydrogen-bond acceptors (Lipinski definition) is 4. The Morgan fingerprint density at radius 3 is 2.71 bits per heavy atom. The summed E-state index contributed by atoms with van der Waals surface area (Å²) in [6.07, 6.45) is 0. The van der Waals surface area contributed by atoms with E-state index < -0.39 is 0 Å². The van der Waals surface area contributed by atoms with Gasteiger partial charge in [-0.25, -0.2) is 4.68 Å². The summed E-state index contributed by atoms with van der Waals surface area (Å²) >= 11 is 0. The Kier molecular flexibility index (Phi) is 3.67. The molecule has 0 amide bonds. The Morgan fingerprint density at radius 1 is 1.08 bits per heavy atom. The highest BCUT2D eigenvalue weighted by atomic mass is 16.5. The summed E-state index contributed by atoms with van der Waals surface area (Å²) in [5.74, 6) is 0.0704. The van der Waals surface area contributed by atoms with Gasteiger partial charge in [0.1, 0.15) is 12.4 Å². The van der Waals surface area contributed by atoms with E-state index in [4.69, 9.17) is 14.6 Å². The molecule has 4 rings (SSSR count). The number of aryl methyl sites for hydroxylation is 1. The minimum absolute atomic E-state index is 0.0704. The van der Waals surface area contributed by atoms with Crippen LogP contribution >= 0.6 is 0 Å². The molecule has 1 aliphatic carbocycles. The van der Waals surface area contributed by atoms with Crippen molar-refractivity contribution in [2.45, 2.75) is 13.7 Å². The fourth-order valence-electron chi connectivity index (χ4n) is 3.30. The summed E-state index contributed by atoms with van der Waals surface area (Å²) in [6, 6.07) is 11.6. The van der Waals surface area contributed by atoms with Crippen LogP contribution in [0.5, 0.6) is 0 Å². The van der Waals surface area contributed by atoms with Gasteiger partial charge < -0.3 is 9.47 Å². The van der Waals surface area contributed by atoms with E-state index in [-0.39, 0.29) is 5.78 Å². The van der Waals surface area contributed by atoms with E-state index in [1.165, 1.54) is 0 Å². The molecule has 0 radical (unpaired) electrons. The Balaban J connectivity index is 1.87. The molecule has 3 aromatic rings. The van der Waals surface area contributed by atoms with Crippen LogP contribution in [-0.4, -0.2) is 35.9 Å². The zero-order valence-corrected chi connectivity index (χ0v) is 13.7. The number of benzene rings is 2. The van der Waals surface area contributed by atoms with Crippen molar-refractivity contribution < 1.29 is 14.3 Å². The zero-order chi connectivity index (χ0) is 16.7. The number of rotatable bonds is 5. The van der Waals surface area contributed by atoms with Crippen LogP contribution in [0.3, 0.4) is 0 Å². The maximum absolute atomic E-state index is 12.9. The lowest BCUT2D eigenvalue weighted by Gasteiger charge is -2.16. The number of ketones is 1. The third kappa shape index (κ3) is 2.17. The van der Waals surface area contributed by atoms with Crippen LogP contribution in [0.15, 0.2) is 36.4 Å². The van der Waals surface area contributed by atoms with Gasteiger partial charge in [0.2, 0.25) is 0 Å². The van der Waals surface area contributed by atoms with E-state index >= 15 is 0 Å². The molecule has 0 fully saturated rings. The first kappa shape index (κ1) is 15.1. The number of ether oxygens (including phenoxy) is 2. The standard InChI is InChI=1S/C19H18N2O3/c1-12-5-3-6-13-16(12)19(22)14-7-4-8-15-17(14)18(13)20-21(15)11-24-10-9-23-2/h3-8H,9-11H2,1-2H3. The molecule has 2 aromatic carbocycles. The summed E-state index contributed by atoms with van der Waals surface area (Å²) in [5.41, 5.74) is 5.12. The summed E-state index contributed by atoms with van der Waals surface area (Å²) in [7, 11) is 1.64. The number of carbonyl (C=O) groups excluding carboxylic acids is 1. The summed E-state index contributed by atoms with van der Waals surface area (Å²) in [5, 5.41) is 5.65. The molecule has 0 spiro atoms. The largest absolute Gasteiger partial charge is 0.382 e. The number of methoxy groups -OCH3 is 1. The van der Waals surface area contributed by atoms with E-state index in [1.54, 1.807) is 7.11 Å². The number of aromatic nitrogens is 2. The van der Waals surface area contributed by atoms with E-state index in [1.807, 2.05) is 48.0 Å². The molecule has 0 saturated carbocycles. The van der Waals surface area contributed by atoms with Crippen molar-refractivity contribution in [1.82, 2.24) is 9.78 Å². The maximum atomic E-state index is 12.9. The normalized spacial score (nSPS) is 12.7. The van der Waals surface area contributed by atoms with Crippen molar-refractivity contribution in [3.05, 3.63) is 53.1 Å². The molecule has 0 aliphatic heterocycles. The first-order valence-corrected chi connectivity index (χ1v) is 7.93. The number of carbonyl (C=O) groups is 1. The predicted molar refractivity (Wildman–Crippen MR) is 91.2 cm³/mol. The third-order valence-corrected chi connectivity index (χ3v) is 4.42. The summed E-state index contributed by atoms with van der Waals surface area (Å²) in [4.78, 5) is 12.9. The minimum atomic E-state index is 0.0704. The molecular weight excluding hydrogens is 304 g/mol. The monoisotopic (exact) mass is 322 g/mol. The summed E-state index contributed by atoms with van der Waals surface area (Å²) < 4.78 is 12.4. The van der Waals surface area contributed by atoms with Gasteiger partial charge in [0.25, 0.3) is 0 Å². The Labute approximate surface area is 139 Å². The van der Waals surface area contributed by atoms with E-state index in [9.17, 15) is 4.79 Å². The molecule has 5 heteroatoms. The van der Waals surface area contributed by atoms with Gasteiger partial charge in [-0.1, -0.05) is 30.3 Å². The van der Waals surface area contributed by atoms with Gasteiger partial charge in [0, 0.05) is 29.2 Å². The van der Waals surface area contributed by atoms with Crippen molar-refractivity contribution in [2.24, 2.45) is 0 Å². The lowest BCUT2D eigenvalue weighted by molar-refractivity contribution is 0.0309.